The van der Waals surface area contributed by atoms with Crippen LogP contribution in [0.15, 0.2) is 36.9 Å². The van der Waals surface area contributed by atoms with Crippen LogP contribution in [0.2, 0.25) is 0 Å². The molecule has 1 aromatic carbocycles. The highest BCUT2D eigenvalue weighted by Crippen LogP contribution is 2.42. The molecular formula is C15H17NO3. The minimum absolute atomic E-state index is 0.0443. The minimum atomic E-state index is -0.298. The average Bonchev–Trinajstić information content (AvgIpc) is 2.86. The number of carbonyl (C=O) groups excluding carboxylic acids is 1. The van der Waals surface area contributed by atoms with Gasteiger partial charge in [0.05, 0.1) is 19.3 Å². The highest BCUT2D eigenvalue weighted by Gasteiger charge is 2.44. The third-order valence-electron chi connectivity index (χ3n) is 3.77. The van der Waals surface area contributed by atoms with Crippen LogP contribution in [0, 0.1) is 0 Å². The van der Waals surface area contributed by atoms with Gasteiger partial charge in [-0.15, -0.1) is 0 Å². The fourth-order valence-corrected chi connectivity index (χ4v) is 2.81. The smallest absolute Gasteiger partial charge is 0.243 e. The summed E-state index contributed by atoms with van der Waals surface area (Å²) in [5.74, 6) is 0.685. The first-order valence-electron chi connectivity index (χ1n) is 6.51. The van der Waals surface area contributed by atoms with E-state index in [0.717, 1.165) is 24.2 Å². The summed E-state index contributed by atoms with van der Waals surface area (Å²) in [6.45, 7) is 4.80. The van der Waals surface area contributed by atoms with Gasteiger partial charge in [-0.1, -0.05) is 24.8 Å². The van der Waals surface area contributed by atoms with E-state index in [2.05, 4.69) is 11.9 Å². The lowest BCUT2D eigenvalue weighted by Gasteiger charge is -2.39. The van der Waals surface area contributed by atoms with E-state index in [1.165, 1.54) is 6.08 Å². The Kier molecular flexibility index (Phi) is 3.03. The van der Waals surface area contributed by atoms with Gasteiger partial charge in [0.15, 0.2) is 0 Å². The Hall–Kier alpha value is -1.81. The van der Waals surface area contributed by atoms with Gasteiger partial charge in [-0.3, -0.25) is 4.79 Å². The molecule has 1 N–H and O–H groups in total. The molecule has 2 aliphatic rings. The Balaban J connectivity index is 1.93. The molecule has 0 aromatic heterocycles. The van der Waals surface area contributed by atoms with Crippen LogP contribution in [0.5, 0.6) is 5.75 Å². The topological polar surface area (TPSA) is 47.6 Å². The molecule has 0 saturated carbocycles. The van der Waals surface area contributed by atoms with Gasteiger partial charge in [0.2, 0.25) is 5.91 Å². The fraction of sp³-hybridized carbons (Fsp3) is 0.400. The monoisotopic (exact) mass is 259 g/mol. The normalized spacial score (nSPS) is 28.5. The van der Waals surface area contributed by atoms with Crippen LogP contribution in [-0.2, 0) is 9.53 Å². The quantitative estimate of drug-likeness (QED) is 0.826. The molecule has 0 bridgehead atoms. The number of para-hydroxylation sites is 1. The van der Waals surface area contributed by atoms with Crippen molar-refractivity contribution in [3.8, 4) is 5.75 Å². The summed E-state index contributed by atoms with van der Waals surface area (Å²) in [4.78, 5) is 11.6. The van der Waals surface area contributed by atoms with Gasteiger partial charge < -0.3 is 14.8 Å². The third-order valence-corrected chi connectivity index (χ3v) is 3.77. The number of nitrogens with one attached hydrogen (secondary N) is 1. The van der Waals surface area contributed by atoms with E-state index < -0.39 is 0 Å². The number of carbonyl (C=O) groups is 1. The van der Waals surface area contributed by atoms with Crippen molar-refractivity contribution in [3.63, 3.8) is 0 Å². The minimum Gasteiger partial charge on any atom is -0.484 e. The lowest BCUT2D eigenvalue weighted by molar-refractivity contribution is -0.117. The van der Waals surface area contributed by atoms with Crippen molar-refractivity contribution in [1.29, 1.82) is 0 Å². The molecule has 19 heavy (non-hydrogen) atoms. The molecule has 1 spiro atoms. The van der Waals surface area contributed by atoms with Crippen molar-refractivity contribution in [1.82, 2.24) is 5.32 Å². The van der Waals surface area contributed by atoms with Crippen LogP contribution in [0.25, 0.3) is 0 Å². The van der Waals surface area contributed by atoms with Crippen molar-refractivity contribution < 1.29 is 14.3 Å². The molecule has 2 aliphatic heterocycles. The van der Waals surface area contributed by atoms with Gasteiger partial charge in [-0.25, -0.2) is 0 Å². The van der Waals surface area contributed by atoms with E-state index in [4.69, 9.17) is 9.47 Å². The van der Waals surface area contributed by atoms with E-state index in [0.29, 0.717) is 13.2 Å². The van der Waals surface area contributed by atoms with Crippen molar-refractivity contribution in [3.05, 3.63) is 42.5 Å². The summed E-state index contributed by atoms with van der Waals surface area (Å²) in [6, 6.07) is 7.80. The summed E-state index contributed by atoms with van der Waals surface area (Å²) in [5.41, 5.74) is 0.725. The predicted octanol–water partition coefficient (Wildman–Crippen LogP) is 1.97. The van der Waals surface area contributed by atoms with E-state index in [1.54, 1.807) is 0 Å². The van der Waals surface area contributed by atoms with Crippen LogP contribution in [-0.4, -0.2) is 24.7 Å². The maximum Gasteiger partial charge on any atom is 0.243 e. The van der Waals surface area contributed by atoms with Crippen molar-refractivity contribution >= 4 is 5.91 Å². The summed E-state index contributed by atoms with van der Waals surface area (Å²) in [6.07, 6.45) is 2.90. The largest absolute Gasteiger partial charge is 0.484 e. The molecule has 2 unspecified atom stereocenters. The SMILES string of the molecule is C=CC(=O)NC1CC2(CCOC2)Oc2ccccc21. The number of ether oxygens (including phenoxy) is 2. The highest BCUT2D eigenvalue weighted by atomic mass is 16.6. The molecule has 3 rings (SSSR count). The van der Waals surface area contributed by atoms with Crippen LogP contribution < -0.4 is 10.1 Å². The maximum absolute atomic E-state index is 11.6. The standard InChI is InChI=1S/C15H17NO3/c1-2-14(17)16-12-9-15(7-8-18-10-15)19-13-6-4-3-5-11(12)13/h2-6,12H,1,7-10H2,(H,16,17). The zero-order valence-corrected chi connectivity index (χ0v) is 10.7. The van der Waals surface area contributed by atoms with Crippen molar-refractivity contribution in [2.24, 2.45) is 0 Å². The molecule has 4 nitrogen and oxygen atoms in total. The van der Waals surface area contributed by atoms with E-state index in [9.17, 15) is 4.79 Å². The molecule has 1 aromatic rings. The van der Waals surface area contributed by atoms with Crippen LogP contribution in [0.4, 0.5) is 0 Å². The lowest BCUT2D eigenvalue weighted by Crippen LogP contribution is -2.45. The van der Waals surface area contributed by atoms with Gasteiger partial charge in [-0.2, -0.15) is 0 Å². The van der Waals surface area contributed by atoms with Gasteiger partial charge in [0, 0.05) is 18.4 Å². The number of benzene rings is 1. The Bertz CT molecular complexity index is 506. The molecule has 0 aliphatic carbocycles. The summed E-state index contributed by atoms with van der Waals surface area (Å²) in [5, 5.41) is 2.98. The van der Waals surface area contributed by atoms with Crippen molar-refractivity contribution in [2.75, 3.05) is 13.2 Å². The summed E-state index contributed by atoms with van der Waals surface area (Å²) < 4.78 is 11.6. The fourth-order valence-electron chi connectivity index (χ4n) is 2.81. The Morgan fingerprint density at radius 3 is 3.05 bits per heavy atom. The molecule has 0 radical (unpaired) electrons. The molecule has 1 fully saturated rings. The Labute approximate surface area is 112 Å². The number of hydrogen-bond acceptors (Lipinski definition) is 3. The lowest BCUT2D eigenvalue weighted by atomic mass is 9.86. The number of hydrogen-bond donors (Lipinski definition) is 1. The molecule has 1 amide bonds. The Morgan fingerprint density at radius 2 is 2.32 bits per heavy atom. The van der Waals surface area contributed by atoms with Crippen LogP contribution in [0.3, 0.4) is 0 Å². The summed E-state index contributed by atoms with van der Waals surface area (Å²) in [7, 11) is 0. The van der Waals surface area contributed by atoms with Gasteiger partial charge >= 0.3 is 0 Å². The van der Waals surface area contributed by atoms with E-state index in [1.807, 2.05) is 24.3 Å². The van der Waals surface area contributed by atoms with Crippen LogP contribution >= 0.6 is 0 Å². The third kappa shape index (κ3) is 2.24. The van der Waals surface area contributed by atoms with E-state index in [-0.39, 0.29) is 17.6 Å². The maximum atomic E-state index is 11.6. The first kappa shape index (κ1) is 12.2. The van der Waals surface area contributed by atoms with Gasteiger partial charge in [-0.05, 0) is 12.1 Å². The molecular weight excluding hydrogens is 242 g/mol. The summed E-state index contributed by atoms with van der Waals surface area (Å²) >= 11 is 0. The molecule has 1 saturated heterocycles. The predicted molar refractivity (Wildman–Crippen MR) is 70.9 cm³/mol. The number of rotatable bonds is 2. The van der Waals surface area contributed by atoms with Gasteiger partial charge in [0.25, 0.3) is 0 Å². The average molecular weight is 259 g/mol. The molecule has 2 atom stereocenters. The molecule has 2 heterocycles. The first-order valence-corrected chi connectivity index (χ1v) is 6.51. The number of amides is 1. The second kappa shape index (κ2) is 4.70. The van der Waals surface area contributed by atoms with E-state index >= 15 is 0 Å². The molecule has 4 heteroatoms. The Morgan fingerprint density at radius 1 is 1.47 bits per heavy atom. The zero-order chi connectivity index (χ0) is 13.3. The second-order valence-corrected chi connectivity index (χ2v) is 5.09. The highest BCUT2D eigenvalue weighted by molar-refractivity contribution is 5.87. The van der Waals surface area contributed by atoms with Crippen molar-refractivity contribution in [2.45, 2.75) is 24.5 Å². The molecule has 100 valence electrons. The number of fused-ring (bicyclic) bond motifs is 1. The zero-order valence-electron chi connectivity index (χ0n) is 10.7. The second-order valence-electron chi connectivity index (χ2n) is 5.09. The van der Waals surface area contributed by atoms with Crippen LogP contribution in [0.1, 0.15) is 24.4 Å². The van der Waals surface area contributed by atoms with Gasteiger partial charge in [0.1, 0.15) is 11.4 Å². The first-order chi connectivity index (χ1) is 9.22.